The number of hydroxylamine groups is 3. The maximum Gasteiger partial charge on any atom is 0.132 e. The smallest absolute Gasteiger partial charge is 0.132 e. The minimum atomic E-state index is 0.0850. The predicted molar refractivity (Wildman–Crippen MR) is 41.7 cm³/mol. The normalized spacial score (nSPS) is 12.0. The summed E-state index contributed by atoms with van der Waals surface area (Å²) in [6, 6.07) is 0. The summed E-state index contributed by atoms with van der Waals surface area (Å²) in [4.78, 5) is 5.19. The van der Waals surface area contributed by atoms with Crippen LogP contribution in [0.15, 0.2) is 0 Å². The molecule has 0 bridgehead atoms. The molecule has 0 heterocycles. The molecule has 0 aromatic heterocycles. The van der Waals surface area contributed by atoms with Crippen LogP contribution in [0.4, 0.5) is 0 Å². The molecule has 0 amide bonds. The van der Waals surface area contributed by atoms with Gasteiger partial charge in [0, 0.05) is 0 Å². The zero-order valence-corrected chi connectivity index (χ0v) is 7.29. The molecule has 4 nitrogen and oxygen atoms in total. The predicted octanol–water partition coefficient (Wildman–Crippen LogP) is -0.631. The molecule has 0 atom stereocenters. The minimum absolute atomic E-state index is 0.0850. The largest absolute Gasteiger partial charge is 0.390 e. The van der Waals surface area contributed by atoms with Crippen LogP contribution in [0, 0.1) is 0 Å². The first kappa shape index (κ1) is 10.8. The van der Waals surface area contributed by atoms with E-state index in [2.05, 4.69) is 0 Å². The molecule has 2 N–H and O–H groups in total. The highest BCUT2D eigenvalue weighted by Crippen LogP contribution is 2.04. The Labute approximate surface area is 67.6 Å². The van der Waals surface area contributed by atoms with Gasteiger partial charge in [0.1, 0.15) is 19.6 Å². The number of aliphatic hydroxyl groups is 2. The Bertz CT molecular complexity index is 85.7. The van der Waals surface area contributed by atoms with Crippen LogP contribution in [0.5, 0.6) is 0 Å². The van der Waals surface area contributed by atoms with Crippen LogP contribution in [0.1, 0.15) is 6.92 Å². The maximum absolute atomic E-state index is 8.71. The Kier molecular flexibility index (Phi) is 5.41. The highest BCUT2D eigenvalue weighted by molar-refractivity contribution is 4.31. The van der Waals surface area contributed by atoms with Crippen molar-refractivity contribution >= 4 is 0 Å². The molecular formula is C7H18NO3+. The van der Waals surface area contributed by atoms with E-state index in [4.69, 9.17) is 15.1 Å². The van der Waals surface area contributed by atoms with Crippen molar-refractivity contribution in [1.29, 1.82) is 0 Å². The maximum atomic E-state index is 8.71. The van der Waals surface area contributed by atoms with Crippen LogP contribution in [0.3, 0.4) is 0 Å². The summed E-state index contributed by atoms with van der Waals surface area (Å²) in [5.41, 5.74) is 0. The number of nitrogens with zero attached hydrogens (tertiary/aromatic N) is 1. The fraction of sp³-hybridized carbons (Fsp3) is 1.00. The van der Waals surface area contributed by atoms with Crippen molar-refractivity contribution in [2.24, 2.45) is 0 Å². The lowest BCUT2D eigenvalue weighted by Gasteiger charge is -2.31. The quantitative estimate of drug-likeness (QED) is 0.406. The standard InChI is InChI=1S/C7H18NO3/c1-3-8(11-2,4-6-9)5-7-10/h9-10H,3-7H2,1-2H3/q+1. The van der Waals surface area contributed by atoms with Gasteiger partial charge in [-0.2, -0.15) is 4.65 Å². The van der Waals surface area contributed by atoms with Crippen LogP contribution >= 0.6 is 0 Å². The molecule has 0 unspecified atom stereocenters. The minimum Gasteiger partial charge on any atom is -0.390 e. The third kappa shape index (κ3) is 3.16. The highest BCUT2D eigenvalue weighted by Gasteiger charge is 2.24. The first-order valence-corrected chi connectivity index (χ1v) is 3.88. The Balaban J connectivity index is 3.96. The zero-order chi connectivity index (χ0) is 8.74. The van der Waals surface area contributed by atoms with E-state index >= 15 is 0 Å². The first-order chi connectivity index (χ1) is 5.24. The van der Waals surface area contributed by atoms with E-state index in [1.54, 1.807) is 7.11 Å². The van der Waals surface area contributed by atoms with Crippen molar-refractivity contribution in [3.8, 4) is 0 Å². The lowest BCUT2D eigenvalue weighted by Crippen LogP contribution is -2.50. The summed E-state index contributed by atoms with van der Waals surface area (Å²) in [5.74, 6) is 0. The van der Waals surface area contributed by atoms with E-state index in [0.717, 1.165) is 6.54 Å². The van der Waals surface area contributed by atoms with E-state index in [0.29, 0.717) is 17.7 Å². The Hall–Kier alpha value is -0.160. The SMILES string of the molecule is CC[N+](CCO)(CCO)OC. The Morgan fingerprint density at radius 3 is 1.82 bits per heavy atom. The van der Waals surface area contributed by atoms with E-state index in [-0.39, 0.29) is 13.2 Å². The van der Waals surface area contributed by atoms with Crippen molar-refractivity contribution in [1.82, 2.24) is 0 Å². The number of quaternary nitrogens is 1. The van der Waals surface area contributed by atoms with Crippen molar-refractivity contribution in [2.45, 2.75) is 6.92 Å². The molecule has 0 aromatic carbocycles. The zero-order valence-electron chi connectivity index (χ0n) is 7.29. The molecule has 0 spiro atoms. The summed E-state index contributed by atoms with van der Waals surface area (Å²) in [6.07, 6.45) is 0. The second-order valence-corrected chi connectivity index (χ2v) is 2.45. The molecule has 0 fully saturated rings. The van der Waals surface area contributed by atoms with Gasteiger partial charge in [0.05, 0.1) is 20.3 Å². The lowest BCUT2D eigenvalue weighted by atomic mass is 10.4. The Morgan fingerprint density at radius 1 is 1.18 bits per heavy atom. The monoisotopic (exact) mass is 164 g/mol. The van der Waals surface area contributed by atoms with Crippen LogP contribution in [-0.4, -0.2) is 54.8 Å². The van der Waals surface area contributed by atoms with Crippen LogP contribution in [0.2, 0.25) is 0 Å². The molecule has 0 aliphatic rings. The summed E-state index contributed by atoms with van der Waals surface area (Å²) in [5, 5.41) is 17.4. The average molecular weight is 164 g/mol. The average Bonchev–Trinajstić information content (AvgIpc) is 2.04. The van der Waals surface area contributed by atoms with Crippen LogP contribution in [0.25, 0.3) is 0 Å². The molecule has 0 rings (SSSR count). The molecule has 0 aliphatic heterocycles. The van der Waals surface area contributed by atoms with Gasteiger partial charge in [0.15, 0.2) is 0 Å². The van der Waals surface area contributed by atoms with E-state index in [1.807, 2.05) is 6.92 Å². The number of hydrogen-bond donors (Lipinski definition) is 2. The van der Waals surface area contributed by atoms with Gasteiger partial charge in [0.2, 0.25) is 0 Å². The van der Waals surface area contributed by atoms with Gasteiger partial charge < -0.3 is 10.2 Å². The van der Waals surface area contributed by atoms with E-state index in [9.17, 15) is 0 Å². The molecular weight excluding hydrogens is 146 g/mol. The summed E-state index contributed by atoms with van der Waals surface area (Å²) in [7, 11) is 1.59. The van der Waals surface area contributed by atoms with Crippen molar-refractivity contribution < 1.29 is 19.7 Å². The van der Waals surface area contributed by atoms with Crippen molar-refractivity contribution in [2.75, 3.05) is 40.0 Å². The number of rotatable bonds is 6. The third-order valence-corrected chi connectivity index (χ3v) is 1.98. The second-order valence-electron chi connectivity index (χ2n) is 2.45. The Morgan fingerprint density at radius 2 is 1.64 bits per heavy atom. The molecule has 4 heteroatoms. The van der Waals surface area contributed by atoms with Crippen molar-refractivity contribution in [3.63, 3.8) is 0 Å². The molecule has 0 radical (unpaired) electrons. The summed E-state index contributed by atoms with van der Waals surface area (Å²) in [6.45, 7) is 3.97. The number of hydrogen-bond acceptors (Lipinski definition) is 3. The molecule has 0 saturated carbocycles. The van der Waals surface area contributed by atoms with Gasteiger partial charge in [-0.05, 0) is 6.92 Å². The fourth-order valence-electron chi connectivity index (χ4n) is 1.10. The topological polar surface area (TPSA) is 49.7 Å². The van der Waals surface area contributed by atoms with Crippen molar-refractivity contribution in [3.05, 3.63) is 0 Å². The van der Waals surface area contributed by atoms with Crippen LogP contribution < -0.4 is 0 Å². The summed E-state index contributed by atoms with van der Waals surface area (Å²) >= 11 is 0. The van der Waals surface area contributed by atoms with Gasteiger partial charge >= 0.3 is 0 Å². The van der Waals surface area contributed by atoms with E-state index < -0.39 is 0 Å². The molecule has 0 saturated heterocycles. The van der Waals surface area contributed by atoms with Gasteiger partial charge in [-0.1, -0.05) is 0 Å². The first-order valence-electron chi connectivity index (χ1n) is 3.88. The molecule has 0 aliphatic carbocycles. The van der Waals surface area contributed by atoms with Gasteiger partial charge in [-0.15, -0.1) is 0 Å². The number of aliphatic hydroxyl groups excluding tert-OH is 2. The molecule has 11 heavy (non-hydrogen) atoms. The van der Waals surface area contributed by atoms with Gasteiger partial charge in [-0.25, -0.2) is 4.84 Å². The highest BCUT2D eigenvalue weighted by atomic mass is 16.7. The number of likely N-dealkylation sites (N-methyl/N-ethyl adjacent to an activating group) is 1. The van der Waals surface area contributed by atoms with E-state index in [1.165, 1.54) is 0 Å². The third-order valence-electron chi connectivity index (χ3n) is 1.98. The molecule has 0 aromatic rings. The van der Waals surface area contributed by atoms with Gasteiger partial charge in [-0.3, -0.25) is 0 Å². The lowest BCUT2D eigenvalue weighted by molar-refractivity contribution is -1.10. The fourth-order valence-corrected chi connectivity index (χ4v) is 1.10. The van der Waals surface area contributed by atoms with Gasteiger partial charge in [0.25, 0.3) is 0 Å². The second kappa shape index (κ2) is 5.49. The van der Waals surface area contributed by atoms with Crippen LogP contribution in [-0.2, 0) is 4.84 Å². The molecule has 68 valence electrons. The summed E-state index contributed by atoms with van der Waals surface area (Å²) < 4.78 is 0.326.